The summed E-state index contributed by atoms with van der Waals surface area (Å²) in [5.41, 5.74) is 6.63. The molecule has 2 N–H and O–H groups in total. The summed E-state index contributed by atoms with van der Waals surface area (Å²) in [6.45, 7) is 3.89. The highest BCUT2D eigenvalue weighted by Gasteiger charge is 2.32. The van der Waals surface area contributed by atoms with Crippen LogP contribution in [0.15, 0.2) is 18.3 Å². The molecule has 1 atom stereocenters. The molecule has 0 radical (unpaired) electrons. The fourth-order valence-corrected chi connectivity index (χ4v) is 4.10. The van der Waals surface area contributed by atoms with Gasteiger partial charge in [-0.05, 0) is 37.8 Å². The number of carbonyl (C=O) groups is 1. The SMILES string of the molecule is NC1CCCN(C(=O)c2ccc(N3CCn4c(nnc4C4CC4)C3)nc2)C1. The van der Waals surface area contributed by atoms with Gasteiger partial charge in [0.05, 0.1) is 12.1 Å². The molecule has 2 fully saturated rings. The lowest BCUT2D eigenvalue weighted by Gasteiger charge is -2.31. The minimum absolute atomic E-state index is 0.0247. The van der Waals surface area contributed by atoms with E-state index >= 15 is 0 Å². The molecule has 0 aromatic carbocycles. The van der Waals surface area contributed by atoms with E-state index in [9.17, 15) is 4.79 Å². The standard InChI is InChI=1S/C19H25N7O/c20-15-2-1-7-25(11-15)19(27)14-5-6-16(21-10-14)24-8-9-26-17(12-24)22-23-18(26)13-3-4-13/h5-6,10,13,15H,1-4,7-9,11-12,20H2. The first kappa shape index (κ1) is 16.7. The van der Waals surface area contributed by atoms with Gasteiger partial charge in [0.2, 0.25) is 0 Å². The number of rotatable bonds is 3. The predicted octanol–water partition coefficient (Wildman–Crippen LogP) is 1.13. The van der Waals surface area contributed by atoms with E-state index in [1.807, 2.05) is 17.0 Å². The number of amides is 1. The Labute approximate surface area is 158 Å². The summed E-state index contributed by atoms with van der Waals surface area (Å²) in [5, 5.41) is 8.77. The first-order valence-corrected chi connectivity index (χ1v) is 9.87. The number of nitrogens with two attached hydrogens (primary N) is 1. The smallest absolute Gasteiger partial charge is 0.255 e. The lowest BCUT2D eigenvalue weighted by Crippen LogP contribution is -2.45. The highest BCUT2D eigenvalue weighted by molar-refractivity contribution is 5.94. The van der Waals surface area contributed by atoms with E-state index in [4.69, 9.17) is 5.73 Å². The fourth-order valence-electron chi connectivity index (χ4n) is 4.10. The van der Waals surface area contributed by atoms with Crippen LogP contribution in [0.25, 0.3) is 0 Å². The quantitative estimate of drug-likeness (QED) is 0.874. The Balaban J connectivity index is 1.28. The van der Waals surface area contributed by atoms with Crippen molar-refractivity contribution in [3.63, 3.8) is 0 Å². The van der Waals surface area contributed by atoms with Crippen molar-refractivity contribution in [2.45, 2.75) is 50.7 Å². The molecule has 2 aromatic rings. The third kappa shape index (κ3) is 3.18. The normalized spacial score (nSPS) is 22.6. The van der Waals surface area contributed by atoms with Crippen LogP contribution in [-0.2, 0) is 13.1 Å². The summed E-state index contributed by atoms with van der Waals surface area (Å²) in [6, 6.07) is 3.89. The van der Waals surface area contributed by atoms with Crippen molar-refractivity contribution in [2.75, 3.05) is 24.5 Å². The molecule has 1 unspecified atom stereocenters. The summed E-state index contributed by atoms with van der Waals surface area (Å²) in [6.07, 6.45) is 6.12. The highest BCUT2D eigenvalue weighted by atomic mass is 16.2. The summed E-state index contributed by atoms with van der Waals surface area (Å²) >= 11 is 0. The third-order valence-electron chi connectivity index (χ3n) is 5.79. The topological polar surface area (TPSA) is 93.2 Å². The number of hydrogen-bond donors (Lipinski definition) is 1. The molecule has 5 rings (SSSR count). The average molecular weight is 367 g/mol. The van der Waals surface area contributed by atoms with Gasteiger partial charge in [0, 0.05) is 44.3 Å². The zero-order valence-corrected chi connectivity index (χ0v) is 15.4. The minimum atomic E-state index is 0.0247. The van der Waals surface area contributed by atoms with E-state index in [1.165, 1.54) is 12.8 Å². The van der Waals surface area contributed by atoms with Gasteiger partial charge in [0.25, 0.3) is 5.91 Å². The first-order valence-electron chi connectivity index (χ1n) is 9.87. The molecule has 3 aliphatic rings. The molecule has 0 bridgehead atoms. The van der Waals surface area contributed by atoms with E-state index in [0.29, 0.717) is 24.6 Å². The molecule has 2 aliphatic heterocycles. The number of pyridine rings is 1. The molecule has 8 heteroatoms. The Bertz CT molecular complexity index is 842. The van der Waals surface area contributed by atoms with Gasteiger partial charge >= 0.3 is 0 Å². The molecule has 1 saturated heterocycles. The summed E-state index contributed by atoms with van der Waals surface area (Å²) in [7, 11) is 0. The Kier molecular flexibility index (Phi) is 4.07. The van der Waals surface area contributed by atoms with Gasteiger partial charge in [0.15, 0.2) is 5.82 Å². The van der Waals surface area contributed by atoms with Crippen LogP contribution in [0.2, 0.25) is 0 Å². The molecular weight excluding hydrogens is 342 g/mol. The van der Waals surface area contributed by atoms with E-state index in [-0.39, 0.29) is 11.9 Å². The molecule has 142 valence electrons. The number of likely N-dealkylation sites (tertiary alicyclic amines) is 1. The van der Waals surface area contributed by atoms with E-state index < -0.39 is 0 Å². The van der Waals surface area contributed by atoms with Crippen molar-refractivity contribution < 1.29 is 4.79 Å². The molecule has 4 heterocycles. The number of fused-ring (bicyclic) bond motifs is 1. The van der Waals surface area contributed by atoms with Gasteiger partial charge < -0.3 is 20.1 Å². The van der Waals surface area contributed by atoms with Crippen molar-refractivity contribution in [3.05, 3.63) is 35.5 Å². The molecule has 27 heavy (non-hydrogen) atoms. The predicted molar refractivity (Wildman–Crippen MR) is 100 cm³/mol. The Morgan fingerprint density at radius 1 is 1.11 bits per heavy atom. The zero-order valence-electron chi connectivity index (χ0n) is 15.4. The molecule has 1 amide bonds. The average Bonchev–Trinajstić information content (AvgIpc) is 3.46. The number of hydrogen-bond acceptors (Lipinski definition) is 6. The molecule has 2 aromatic heterocycles. The van der Waals surface area contributed by atoms with E-state index in [0.717, 1.165) is 49.9 Å². The van der Waals surface area contributed by atoms with Crippen LogP contribution in [0.4, 0.5) is 5.82 Å². The van der Waals surface area contributed by atoms with Crippen LogP contribution in [0.5, 0.6) is 0 Å². The Morgan fingerprint density at radius 2 is 2.00 bits per heavy atom. The van der Waals surface area contributed by atoms with E-state index in [1.54, 1.807) is 6.20 Å². The van der Waals surface area contributed by atoms with Crippen LogP contribution in [0.3, 0.4) is 0 Å². The fraction of sp³-hybridized carbons (Fsp3) is 0.579. The van der Waals surface area contributed by atoms with Crippen molar-refractivity contribution in [3.8, 4) is 0 Å². The summed E-state index contributed by atoms with van der Waals surface area (Å²) in [4.78, 5) is 21.3. The molecular formula is C19H25N7O. The van der Waals surface area contributed by atoms with Crippen molar-refractivity contribution in [1.82, 2.24) is 24.6 Å². The second-order valence-corrected chi connectivity index (χ2v) is 7.88. The highest BCUT2D eigenvalue weighted by Crippen LogP contribution is 2.39. The van der Waals surface area contributed by atoms with Gasteiger partial charge in [-0.2, -0.15) is 0 Å². The van der Waals surface area contributed by atoms with Gasteiger partial charge in [-0.1, -0.05) is 0 Å². The first-order chi connectivity index (χ1) is 13.2. The maximum Gasteiger partial charge on any atom is 0.255 e. The number of nitrogens with zero attached hydrogens (tertiary/aromatic N) is 6. The number of carbonyl (C=O) groups excluding carboxylic acids is 1. The third-order valence-corrected chi connectivity index (χ3v) is 5.79. The Hall–Kier alpha value is -2.48. The van der Waals surface area contributed by atoms with Crippen LogP contribution in [0.1, 0.15) is 53.6 Å². The summed E-state index contributed by atoms with van der Waals surface area (Å²) < 4.78 is 2.27. The second kappa shape index (κ2) is 6.60. The van der Waals surface area contributed by atoms with Crippen LogP contribution < -0.4 is 10.6 Å². The Morgan fingerprint density at radius 3 is 2.74 bits per heavy atom. The summed E-state index contributed by atoms with van der Waals surface area (Å²) in [5.74, 6) is 3.68. The van der Waals surface area contributed by atoms with Gasteiger partial charge in [0.1, 0.15) is 11.6 Å². The lowest BCUT2D eigenvalue weighted by molar-refractivity contribution is 0.0708. The van der Waals surface area contributed by atoms with Gasteiger partial charge in [-0.25, -0.2) is 4.98 Å². The maximum atomic E-state index is 12.7. The van der Waals surface area contributed by atoms with Crippen LogP contribution in [-0.4, -0.2) is 56.2 Å². The molecule has 1 aliphatic carbocycles. The zero-order chi connectivity index (χ0) is 18.4. The molecule has 1 saturated carbocycles. The minimum Gasteiger partial charge on any atom is -0.347 e. The van der Waals surface area contributed by atoms with Crippen molar-refractivity contribution in [2.24, 2.45) is 5.73 Å². The number of piperidine rings is 1. The van der Waals surface area contributed by atoms with Crippen LogP contribution >= 0.6 is 0 Å². The van der Waals surface area contributed by atoms with Crippen LogP contribution in [0, 0.1) is 0 Å². The van der Waals surface area contributed by atoms with Gasteiger partial charge in [-0.3, -0.25) is 4.79 Å². The van der Waals surface area contributed by atoms with Crippen molar-refractivity contribution >= 4 is 11.7 Å². The monoisotopic (exact) mass is 367 g/mol. The number of anilines is 1. The van der Waals surface area contributed by atoms with Crippen molar-refractivity contribution in [1.29, 1.82) is 0 Å². The second-order valence-electron chi connectivity index (χ2n) is 7.88. The number of aromatic nitrogens is 4. The molecule has 0 spiro atoms. The van der Waals surface area contributed by atoms with E-state index in [2.05, 4.69) is 24.6 Å². The lowest BCUT2D eigenvalue weighted by atomic mass is 10.1. The maximum absolute atomic E-state index is 12.7. The largest absolute Gasteiger partial charge is 0.347 e. The molecule has 8 nitrogen and oxygen atoms in total. The van der Waals surface area contributed by atoms with Gasteiger partial charge in [-0.15, -0.1) is 10.2 Å².